The number of nitrogens with one attached hydrogen (secondary N) is 2. The fourth-order valence-corrected chi connectivity index (χ4v) is 2.37. The lowest BCUT2D eigenvalue weighted by Gasteiger charge is -2.13. The van der Waals surface area contributed by atoms with Crippen molar-refractivity contribution in [3.8, 4) is 11.5 Å². The first-order valence-electron chi connectivity index (χ1n) is 8.11. The summed E-state index contributed by atoms with van der Waals surface area (Å²) in [7, 11) is 1.30. The van der Waals surface area contributed by atoms with Crippen molar-refractivity contribution in [1.29, 1.82) is 0 Å². The molecule has 0 unspecified atom stereocenters. The SMILES string of the molecule is COc1cc(CCC(=O)Nc2c(C(N)=O)n[nH]c2C)ccc1OCC(F)(F)F. The van der Waals surface area contributed by atoms with Crippen molar-refractivity contribution >= 4 is 17.5 Å². The van der Waals surface area contributed by atoms with Gasteiger partial charge < -0.3 is 20.5 Å². The van der Waals surface area contributed by atoms with Crippen LogP contribution in [0.1, 0.15) is 28.2 Å². The highest BCUT2D eigenvalue weighted by Gasteiger charge is 2.29. The quantitative estimate of drug-likeness (QED) is 0.628. The van der Waals surface area contributed by atoms with Crippen molar-refractivity contribution < 1.29 is 32.2 Å². The van der Waals surface area contributed by atoms with Crippen molar-refractivity contribution in [3.63, 3.8) is 0 Å². The Labute approximate surface area is 158 Å². The number of amides is 2. The molecule has 0 saturated carbocycles. The molecule has 2 amide bonds. The number of halogens is 3. The highest BCUT2D eigenvalue weighted by Crippen LogP contribution is 2.30. The zero-order chi connectivity index (χ0) is 20.9. The van der Waals surface area contributed by atoms with Crippen LogP contribution < -0.4 is 20.5 Å². The van der Waals surface area contributed by atoms with Gasteiger partial charge in [-0.15, -0.1) is 0 Å². The van der Waals surface area contributed by atoms with E-state index in [1.807, 2.05) is 0 Å². The Morgan fingerprint density at radius 1 is 1.29 bits per heavy atom. The van der Waals surface area contributed by atoms with E-state index in [2.05, 4.69) is 15.5 Å². The molecule has 4 N–H and O–H groups in total. The summed E-state index contributed by atoms with van der Waals surface area (Å²) < 4.78 is 46.6. The molecule has 0 aliphatic rings. The second kappa shape index (κ2) is 8.63. The zero-order valence-electron chi connectivity index (χ0n) is 15.1. The molecule has 1 aromatic carbocycles. The van der Waals surface area contributed by atoms with Crippen molar-refractivity contribution in [1.82, 2.24) is 10.2 Å². The Kier molecular flexibility index (Phi) is 6.49. The number of carbonyl (C=O) groups excluding carboxylic acids is 2. The number of H-pyrrole nitrogens is 1. The van der Waals surface area contributed by atoms with Gasteiger partial charge in [0.2, 0.25) is 5.91 Å². The normalized spacial score (nSPS) is 11.2. The molecular weight excluding hydrogens is 381 g/mol. The number of alkyl halides is 3. The fourth-order valence-electron chi connectivity index (χ4n) is 2.37. The van der Waals surface area contributed by atoms with Crippen LogP contribution in [0.4, 0.5) is 18.9 Å². The Balaban J connectivity index is 1.99. The highest BCUT2D eigenvalue weighted by atomic mass is 19.4. The van der Waals surface area contributed by atoms with E-state index in [9.17, 15) is 22.8 Å². The largest absolute Gasteiger partial charge is 0.493 e. The van der Waals surface area contributed by atoms with Crippen LogP contribution in [-0.2, 0) is 11.2 Å². The minimum Gasteiger partial charge on any atom is -0.493 e. The van der Waals surface area contributed by atoms with Gasteiger partial charge in [0.1, 0.15) is 0 Å². The summed E-state index contributed by atoms with van der Waals surface area (Å²) in [5, 5.41) is 8.87. The number of hydrogen-bond acceptors (Lipinski definition) is 5. The highest BCUT2D eigenvalue weighted by molar-refractivity contribution is 6.02. The van der Waals surface area contributed by atoms with Gasteiger partial charge in [-0.2, -0.15) is 18.3 Å². The number of carbonyl (C=O) groups is 2. The minimum absolute atomic E-state index is 0.0480. The Hall–Kier alpha value is -3.24. The molecule has 0 spiro atoms. The van der Waals surface area contributed by atoms with E-state index >= 15 is 0 Å². The summed E-state index contributed by atoms with van der Waals surface area (Å²) in [4.78, 5) is 23.5. The molecule has 0 saturated heterocycles. The van der Waals surface area contributed by atoms with Crippen LogP contribution in [0.25, 0.3) is 0 Å². The van der Waals surface area contributed by atoms with Crippen LogP contribution in [0.2, 0.25) is 0 Å². The number of nitrogens with zero attached hydrogens (tertiary/aromatic N) is 1. The smallest absolute Gasteiger partial charge is 0.422 e. The van der Waals surface area contributed by atoms with Gasteiger partial charge in [0, 0.05) is 6.42 Å². The molecule has 0 bridgehead atoms. The molecule has 8 nitrogen and oxygen atoms in total. The van der Waals surface area contributed by atoms with Crippen molar-refractivity contribution in [3.05, 3.63) is 35.2 Å². The molecular formula is C17H19F3N4O4. The number of aryl methyl sites for hydroxylation is 2. The third kappa shape index (κ3) is 5.63. The Morgan fingerprint density at radius 2 is 2.00 bits per heavy atom. The van der Waals surface area contributed by atoms with Crippen LogP contribution in [0.15, 0.2) is 18.2 Å². The third-order valence-electron chi connectivity index (χ3n) is 3.71. The van der Waals surface area contributed by atoms with Crippen LogP contribution in [-0.4, -0.2) is 41.9 Å². The summed E-state index contributed by atoms with van der Waals surface area (Å²) in [5.41, 5.74) is 6.48. The topological polar surface area (TPSA) is 119 Å². The third-order valence-corrected chi connectivity index (χ3v) is 3.71. The fraction of sp³-hybridized carbons (Fsp3) is 0.353. The van der Waals surface area contributed by atoms with E-state index in [-0.39, 0.29) is 41.6 Å². The number of benzene rings is 1. The van der Waals surface area contributed by atoms with Crippen molar-refractivity contribution in [2.24, 2.45) is 5.73 Å². The Bertz CT molecular complexity index is 865. The number of anilines is 1. The molecule has 0 fully saturated rings. The molecule has 2 rings (SSSR count). The molecule has 0 aliphatic heterocycles. The lowest BCUT2D eigenvalue weighted by molar-refractivity contribution is -0.153. The van der Waals surface area contributed by atoms with E-state index in [1.54, 1.807) is 13.0 Å². The molecule has 28 heavy (non-hydrogen) atoms. The van der Waals surface area contributed by atoms with E-state index in [0.29, 0.717) is 11.3 Å². The van der Waals surface area contributed by atoms with Crippen LogP contribution in [0, 0.1) is 6.92 Å². The molecule has 0 atom stereocenters. The average molecular weight is 400 g/mol. The van der Waals surface area contributed by atoms with E-state index in [0.717, 1.165) is 0 Å². The maximum atomic E-state index is 12.3. The van der Waals surface area contributed by atoms with Crippen LogP contribution in [0.3, 0.4) is 0 Å². The summed E-state index contributed by atoms with van der Waals surface area (Å²) in [6.07, 6.45) is -4.13. The molecule has 1 aromatic heterocycles. The van der Waals surface area contributed by atoms with E-state index < -0.39 is 18.7 Å². The van der Waals surface area contributed by atoms with Crippen molar-refractivity contribution in [2.75, 3.05) is 19.0 Å². The van der Waals surface area contributed by atoms with Crippen LogP contribution >= 0.6 is 0 Å². The monoisotopic (exact) mass is 400 g/mol. The molecule has 0 radical (unpaired) electrons. The van der Waals surface area contributed by atoms with Crippen molar-refractivity contribution in [2.45, 2.75) is 25.9 Å². The summed E-state index contributed by atoms with van der Waals surface area (Å²) >= 11 is 0. The second-order valence-electron chi connectivity index (χ2n) is 5.87. The number of nitrogens with two attached hydrogens (primary N) is 1. The predicted octanol–water partition coefficient (Wildman–Crippen LogP) is 2.34. The number of primary amides is 1. The van der Waals surface area contributed by atoms with Gasteiger partial charge in [-0.25, -0.2) is 0 Å². The van der Waals surface area contributed by atoms with Gasteiger partial charge in [-0.05, 0) is 31.0 Å². The molecule has 11 heteroatoms. The average Bonchev–Trinajstić information content (AvgIpc) is 2.98. The first-order chi connectivity index (χ1) is 13.1. The summed E-state index contributed by atoms with van der Waals surface area (Å²) in [5.74, 6) is -1.08. The van der Waals surface area contributed by atoms with Crippen LogP contribution in [0.5, 0.6) is 11.5 Å². The molecule has 152 valence electrons. The number of rotatable bonds is 8. The maximum absolute atomic E-state index is 12.3. The van der Waals surface area contributed by atoms with Gasteiger partial charge in [0.15, 0.2) is 23.8 Å². The minimum atomic E-state index is -4.46. The zero-order valence-corrected chi connectivity index (χ0v) is 15.1. The lowest BCUT2D eigenvalue weighted by atomic mass is 10.1. The number of ether oxygens (including phenoxy) is 2. The van der Waals surface area contributed by atoms with Gasteiger partial charge in [0.25, 0.3) is 5.91 Å². The first kappa shape index (κ1) is 21.1. The lowest BCUT2D eigenvalue weighted by Crippen LogP contribution is -2.19. The standard InChI is InChI=1S/C17H19F3N4O4/c1-9-14(15(16(21)26)24-23-9)22-13(25)6-4-10-3-5-11(12(7-10)27-2)28-8-17(18,19)20/h3,5,7H,4,6,8H2,1-2H3,(H2,21,26)(H,22,25)(H,23,24). The van der Waals surface area contributed by atoms with Gasteiger partial charge in [-0.1, -0.05) is 6.07 Å². The number of aromatic nitrogens is 2. The van der Waals surface area contributed by atoms with E-state index in [1.165, 1.54) is 19.2 Å². The summed E-state index contributed by atoms with van der Waals surface area (Å²) in [6.45, 7) is 0.191. The van der Waals surface area contributed by atoms with Gasteiger partial charge in [-0.3, -0.25) is 14.7 Å². The number of aromatic amines is 1. The Morgan fingerprint density at radius 3 is 2.61 bits per heavy atom. The van der Waals surface area contributed by atoms with Gasteiger partial charge >= 0.3 is 6.18 Å². The number of methoxy groups -OCH3 is 1. The molecule has 1 heterocycles. The maximum Gasteiger partial charge on any atom is 0.422 e. The first-order valence-corrected chi connectivity index (χ1v) is 8.11. The number of hydrogen-bond donors (Lipinski definition) is 3. The molecule has 2 aromatic rings. The summed E-state index contributed by atoms with van der Waals surface area (Å²) in [6, 6.07) is 4.39. The predicted molar refractivity (Wildman–Crippen MR) is 93.3 cm³/mol. The molecule has 0 aliphatic carbocycles. The van der Waals surface area contributed by atoms with E-state index in [4.69, 9.17) is 15.2 Å². The second-order valence-corrected chi connectivity index (χ2v) is 5.87. The van der Waals surface area contributed by atoms with Gasteiger partial charge in [0.05, 0.1) is 18.5 Å².